The number of benzene rings is 1. The smallest absolute Gasteiger partial charge is 0.291 e. The topological polar surface area (TPSA) is 79.6 Å². The van der Waals surface area contributed by atoms with Crippen LogP contribution < -0.4 is 5.32 Å². The standard InChI is InChI=1S/C14H15ClN2O4S/c1-9-13(22(19,20)17(2)3)8-12(21-9)14(18)16-11-7-5-4-6-10(11)15/h4-8H,1-3H3,(H,16,18). The van der Waals surface area contributed by atoms with E-state index in [-0.39, 0.29) is 16.4 Å². The van der Waals surface area contributed by atoms with Gasteiger partial charge in [-0.15, -0.1) is 0 Å². The third kappa shape index (κ3) is 3.16. The van der Waals surface area contributed by atoms with Gasteiger partial charge >= 0.3 is 0 Å². The molecule has 0 radical (unpaired) electrons. The predicted octanol–water partition coefficient (Wildman–Crippen LogP) is 2.74. The van der Waals surface area contributed by atoms with Gasteiger partial charge in [-0.3, -0.25) is 4.79 Å². The van der Waals surface area contributed by atoms with Gasteiger partial charge in [-0.2, -0.15) is 0 Å². The van der Waals surface area contributed by atoms with Crippen LogP contribution in [0.4, 0.5) is 5.69 Å². The van der Waals surface area contributed by atoms with Crippen LogP contribution in [0.2, 0.25) is 5.02 Å². The summed E-state index contributed by atoms with van der Waals surface area (Å²) in [5.74, 6) is -0.521. The molecule has 1 aromatic heterocycles. The van der Waals surface area contributed by atoms with Gasteiger partial charge in [-0.1, -0.05) is 23.7 Å². The molecule has 1 amide bonds. The average molecular weight is 343 g/mol. The zero-order valence-electron chi connectivity index (χ0n) is 12.3. The summed E-state index contributed by atoms with van der Waals surface area (Å²) in [6.45, 7) is 1.49. The number of aryl methyl sites for hydroxylation is 1. The van der Waals surface area contributed by atoms with Gasteiger partial charge in [0.2, 0.25) is 10.0 Å². The fraction of sp³-hybridized carbons (Fsp3) is 0.214. The van der Waals surface area contributed by atoms with E-state index in [2.05, 4.69) is 5.32 Å². The summed E-state index contributed by atoms with van der Waals surface area (Å²) in [5, 5.41) is 2.95. The molecule has 0 unspecified atom stereocenters. The van der Waals surface area contributed by atoms with E-state index in [9.17, 15) is 13.2 Å². The van der Waals surface area contributed by atoms with Crippen molar-refractivity contribution in [3.8, 4) is 0 Å². The van der Waals surface area contributed by atoms with E-state index in [4.69, 9.17) is 16.0 Å². The number of nitrogens with one attached hydrogen (secondary N) is 1. The number of halogens is 1. The van der Waals surface area contributed by atoms with Gasteiger partial charge in [-0.25, -0.2) is 12.7 Å². The maximum atomic E-state index is 12.2. The molecule has 0 aliphatic carbocycles. The lowest BCUT2D eigenvalue weighted by Crippen LogP contribution is -2.22. The van der Waals surface area contributed by atoms with E-state index in [1.165, 1.54) is 27.1 Å². The first-order chi connectivity index (χ1) is 10.2. The van der Waals surface area contributed by atoms with Gasteiger partial charge in [-0.05, 0) is 19.1 Å². The molecule has 0 aliphatic heterocycles. The molecule has 0 atom stereocenters. The van der Waals surface area contributed by atoms with Gasteiger partial charge in [0.15, 0.2) is 5.76 Å². The van der Waals surface area contributed by atoms with Gasteiger partial charge < -0.3 is 9.73 Å². The van der Waals surface area contributed by atoms with Crippen molar-refractivity contribution >= 4 is 33.2 Å². The second-order valence-electron chi connectivity index (χ2n) is 4.75. The highest BCUT2D eigenvalue weighted by atomic mass is 35.5. The van der Waals surface area contributed by atoms with E-state index >= 15 is 0 Å². The van der Waals surface area contributed by atoms with Gasteiger partial charge in [0.05, 0.1) is 10.7 Å². The van der Waals surface area contributed by atoms with Crippen LogP contribution >= 0.6 is 11.6 Å². The minimum atomic E-state index is -3.67. The molecule has 8 heteroatoms. The highest BCUT2D eigenvalue weighted by Crippen LogP contribution is 2.25. The fourth-order valence-corrected chi connectivity index (χ4v) is 3.01. The monoisotopic (exact) mass is 342 g/mol. The Kier molecular flexibility index (Phi) is 4.60. The van der Waals surface area contributed by atoms with Crippen LogP contribution in [-0.4, -0.2) is 32.7 Å². The maximum absolute atomic E-state index is 12.2. The number of hydrogen-bond acceptors (Lipinski definition) is 4. The van der Waals surface area contributed by atoms with Crippen molar-refractivity contribution in [2.24, 2.45) is 0 Å². The SMILES string of the molecule is Cc1oc(C(=O)Nc2ccccc2Cl)cc1S(=O)(=O)N(C)C. The van der Waals surface area contributed by atoms with E-state index in [0.717, 1.165) is 4.31 Å². The number of amides is 1. The minimum Gasteiger partial charge on any atom is -0.455 e. The van der Waals surface area contributed by atoms with Crippen LogP contribution in [0.5, 0.6) is 0 Å². The lowest BCUT2D eigenvalue weighted by Gasteiger charge is -2.09. The Morgan fingerprint density at radius 1 is 1.27 bits per heavy atom. The van der Waals surface area contributed by atoms with E-state index < -0.39 is 15.9 Å². The van der Waals surface area contributed by atoms with Crippen LogP contribution in [0.3, 0.4) is 0 Å². The van der Waals surface area contributed by atoms with Crippen molar-refractivity contribution in [2.75, 3.05) is 19.4 Å². The Morgan fingerprint density at radius 2 is 1.91 bits per heavy atom. The summed E-state index contributed by atoms with van der Waals surface area (Å²) in [5.41, 5.74) is 0.417. The van der Waals surface area contributed by atoms with E-state index in [0.29, 0.717) is 10.7 Å². The average Bonchev–Trinajstić information content (AvgIpc) is 2.84. The second kappa shape index (κ2) is 6.12. The molecule has 0 bridgehead atoms. The Bertz CT molecular complexity index is 812. The number of nitrogens with zero attached hydrogens (tertiary/aromatic N) is 1. The molecular formula is C14H15ClN2O4S. The number of para-hydroxylation sites is 1. The number of sulfonamides is 1. The van der Waals surface area contributed by atoms with Crippen LogP contribution in [0.15, 0.2) is 39.6 Å². The van der Waals surface area contributed by atoms with Crippen LogP contribution in [0.25, 0.3) is 0 Å². The number of anilines is 1. The number of carbonyl (C=O) groups excluding carboxylic acids is 1. The molecule has 1 heterocycles. The number of rotatable bonds is 4. The number of furan rings is 1. The van der Waals surface area contributed by atoms with Crippen molar-refractivity contribution in [2.45, 2.75) is 11.8 Å². The minimum absolute atomic E-state index is 0.0400. The molecule has 2 aromatic rings. The molecular weight excluding hydrogens is 328 g/mol. The molecule has 118 valence electrons. The van der Waals surface area contributed by atoms with Crippen molar-refractivity contribution in [1.29, 1.82) is 0 Å². The Hall–Kier alpha value is -1.83. The first-order valence-electron chi connectivity index (χ1n) is 6.32. The summed E-state index contributed by atoms with van der Waals surface area (Å²) >= 11 is 5.96. The van der Waals surface area contributed by atoms with Crippen molar-refractivity contribution < 1.29 is 17.6 Å². The van der Waals surface area contributed by atoms with Gasteiger partial charge in [0.25, 0.3) is 5.91 Å². The molecule has 0 saturated carbocycles. The predicted molar refractivity (Wildman–Crippen MR) is 83.7 cm³/mol. The zero-order valence-corrected chi connectivity index (χ0v) is 13.8. The van der Waals surface area contributed by atoms with Crippen molar-refractivity contribution in [1.82, 2.24) is 4.31 Å². The molecule has 0 spiro atoms. The number of hydrogen-bond donors (Lipinski definition) is 1. The van der Waals surface area contributed by atoms with Crippen LogP contribution in [0, 0.1) is 6.92 Å². The fourth-order valence-electron chi connectivity index (χ4n) is 1.78. The highest BCUT2D eigenvalue weighted by Gasteiger charge is 2.26. The van der Waals surface area contributed by atoms with Crippen LogP contribution in [0.1, 0.15) is 16.3 Å². The Labute approximate surface area is 133 Å². The van der Waals surface area contributed by atoms with Gasteiger partial charge in [0.1, 0.15) is 10.7 Å². The second-order valence-corrected chi connectivity index (χ2v) is 7.28. The summed E-state index contributed by atoms with van der Waals surface area (Å²) in [4.78, 5) is 12.1. The zero-order chi connectivity index (χ0) is 16.5. The molecule has 0 fully saturated rings. The first kappa shape index (κ1) is 16.5. The summed E-state index contributed by atoms with van der Waals surface area (Å²) < 4.78 is 30.5. The Balaban J connectivity index is 2.32. The molecule has 1 aromatic carbocycles. The van der Waals surface area contributed by atoms with E-state index in [1.807, 2.05) is 0 Å². The summed E-state index contributed by atoms with van der Waals surface area (Å²) in [7, 11) is -0.852. The van der Waals surface area contributed by atoms with Crippen LogP contribution in [-0.2, 0) is 10.0 Å². The van der Waals surface area contributed by atoms with Crippen molar-refractivity contribution in [3.05, 3.63) is 46.9 Å². The third-order valence-corrected chi connectivity index (χ3v) is 5.23. The normalized spacial score (nSPS) is 11.7. The molecule has 6 nitrogen and oxygen atoms in total. The highest BCUT2D eigenvalue weighted by molar-refractivity contribution is 7.89. The first-order valence-corrected chi connectivity index (χ1v) is 8.14. The molecule has 0 saturated heterocycles. The van der Waals surface area contributed by atoms with Crippen molar-refractivity contribution in [3.63, 3.8) is 0 Å². The Morgan fingerprint density at radius 3 is 2.50 bits per heavy atom. The molecule has 22 heavy (non-hydrogen) atoms. The molecule has 2 rings (SSSR count). The van der Waals surface area contributed by atoms with Gasteiger partial charge in [0, 0.05) is 20.2 Å². The lowest BCUT2D eigenvalue weighted by molar-refractivity contribution is 0.0995. The molecule has 1 N–H and O–H groups in total. The van der Waals surface area contributed by atoms with E-state index in [1.54, 1.807) is 24.3 Å². The maximum Gasteiger partial charge on any atom is 0.291 e. The quantitative estimate of drug-likeness (QED) is 0.926. The lowest BCUT2D eigenvalue weighted by atomic mass is 10.3. The largest absolute Gasteiger partial charge is 0.455 e. The molecule has 0 aliphatic rings. The summed E-state index contributed by atoms with van der Waals surface area (Å²) in [6, 6.07) is 7.92. The summed E-state index contributed by atoms with van der Waals surface area (Å²) in [6.07, 6.45) is 0. The number of carbonyl (C=O) groups is 1. The third-order valence-electron chi connectivity index (χ3n) is 2.98.